The summed E-state index contributed by atoms with van der Waals surface area (Å²) in [6.45, 7) is 5.86. The summed E-state index contributed by atoms with van der Waals surface area (Å²) >= 11 is 0. The van der Waals surface area contributed by atoms with Gasteiger partial charge in [-0.2, -0.15) is 4.31 Å². The fourth-order valence-electron chi connectivity index (χ4n) is 3.09. The number of piperidine rings is 1. The van der Waals surface area contributed by atoms with Crippen LogP contribution in [-0.2, 0) is 14.8 Å². The Bertz CT molecular complexity index is 698. The number of sulfonamides is 1. The molecule has 0 bridgehead atoms. The van der Waals surface area contributed by atoms with Crippen molar-refractivity contribution >= 4 is 15.9 Å². The van der Waals surface area contributed by atoms with Crippen molar-refractivity contribution in [2.45, 2.75) is 31.1 Å². The van der Waals surface area contributed by atoms with Crippen molar-refractivity contribution in [1.82, 2.24) is 14.5 Å². The molecule has 0 spiro atoms. The van der Waals surface area contributed by atoms with Gasteiger partial charge in [-0.1, -0.05) is 6.92 Å². The zero-order valence-electron chi connectivity index (χ0n) is 16.5. The van der Waals surface area contributed by atoms with Gasteiger partial charge < -0.3 is 15.0 Å². The van der Waals surface area contributed by atoms with Gasteiger partial charge in [0.05, 0.1) is 18.6 Å². The minimum absolute atomic E-state index is 0.137. The van der Waals surface area contributed by atoms with E-state index in [4.69, 9.17) is 4.74 Å². The third-order valence-corrected chi connectivity index (χ3v) is 6.80. The first kappa shape index (κ1) is 21.7. The molecular formula is C19H31N3O4S. The van der Waals surface area contributed by atoms with Gasteiger partial charge in [0.15, 0.2) is 0 Å². The van der Waals surface area contributed by atoms with Gasteiger partial charge in [0.25, 0.3) is 0 Å². The number of carbonyl (C=O) groups excluding carboxylic acids is 1. The molecule has 0 aromatic heterocycles. The largest absolute Gasteiger partial charge is 0.497 e. The van der Waals surface area contributed by atoms with E-state index in [0.717, 1.165) is 36.3 Å². The standard InChI is InChI=1S/C19H31N3O4S/c1-16-9-13-22(14-10-16)12-4-11-20-19(23)15-21(2)27(24,25)18-7-5-17(26-3)6-8-18/h5-8,16H,4,9-15H2,1-3H3,(H,20,23). The Kier molecular flexibility index (Phi) is 8.07. The number of nitrogens with zero attached hydrogens (tertiary/aromatic N) is 2. The smallest absolute Gasteiger partial charge is 0.243 e. The van der Waals surface area contributed by atoms with Crippen LogP contribution in [0.3, 0.4) is 0 Å². The second-order valence-electron chi connectivity index (χ2n) is 7.16. The summed E-state index contributed by atoms with van der Waals surface area (Å²) in [5, 5.41) is 2.81. The number of carbonyl (C=O) groups is 1. The number of likely N-dealkylation sites (N-methyl/N-ethyl adjacent to an activating group) is 1. The summed E-state index contributed by atoms with van der Waals surface area (Å²) in [4.78, 5) is 14.6. The topological polar surface area (TPSA) is 79.0 Å². The van der Waals surface area contributed by atoms with Crippen LogP contribution in [0.5, 0.6) is 5.75 Å². The maximum atomic E-state index is 12.5. The minimum Gasteiger partial charge on any atom is -0.497 e. The average Bonchev–Trinajstić information content (AvgIpc) is 2.66. The normalized spacial score (nSPS) is 16.4. The molecule has 0 aliphatic carbocycles. The molecular weight excluding hydrogens is 366 g/mol. The van der Waals surface area contributed by atoms with Crippen LogP contribution in [0, 0.1) is 5.92 Å². The Morgan fingerprint density at radius 2 is 1.89 bits per heavy atom. The molecule has 1 amide bonds. The number of ether oxygens (including phenoxy) is 1. The monoisotopic (exact) mass is 397 g/mol. The van der Waals surface area contributed by atoms with Crippen LogP contribution < -0.4 is 10.1 Å². The van der Waals surface area contributed by atoms with Crippen molar-refractivity contribution in [3.63, 3.8) is 0 Å². The Balaban J connectivity index is 1.73. The van der Waals surface area contributed by atoms with Gasteiger partial charge >= 0.3 is 0 Å². The second-order valence-corrected chi connectivity index (χ2v) is 9.21. The van der Waals surface area contributed by atoms with E-state index in [1.165, 1.54) is 39.1 Å². The molecule has 1 N–H and O–H groups in total. The van der Waals surface area contributed by atoms with Crippen LogP contribution in [0.25, 0.3) is 0 Å². The van der Waals surface area contributed by atoms with Gasteiger partial charge in [-0.3, -0.25) is 4.79 Å². The second kappa shape index (κ2) is 10.1. The number of benzene rings is 1. The molecule has 0 atom stereocenters. The van der Waals surface area contributed by atoms with Crippen molar-refractivity contribution in [3.8, 4) is 5.75 Å². The summed E-state index contributed by atoms with van der Waals surface area (Å²) in [7, 11) is -0.773. The molecule has 0 saturated carbocycles. The van der Waals surface area contributed by atoms with Gasteiger partial charge in [0, 0.05) is 13.6 Å². The predicted octanol–water partition coefficient (Wildman–Crippen LogP) is 1.55. The fourth-order valence-corrected chi connectivity index (χ4v) is 4.21. The van der Waals surface area contributed by atoms with E-state index < -0.39 is 10.0 Å². The molecule has 152 valence electrons. The van der Waals surface area contributed by atoms with E-state index in [9.17, 15) is 13.2 Å². The van der Waals surface area contributed by atoms with Crippen LogP contribution in [0.1, 0.15) is 26.2 Å². The Labute approximate surface area is 162 Å². The van der Waals surface area contributed by atoms with Crippen molar-refractivity contribution in [2.75, 3.05) is 46.9 Å². The first-order chi connectivity index (χ1) is 12.8. The van der Waals surface area contributed by atoms with Gasteiger partial charge in [0.2, 0.25) is 15.9 Å². The van der Waals surface area contributed by atoms with Crippen molar-refractivity contribution in [2.24, 2.45) is 5.92 Å². The van der Waals surface area contributed by atoms with Crippen LogP contribution in [0.2, 0.25) is 0 Å². The highest BCUT2D eigenvalue weighted by Gasteiger charge is 2.23. The van der Waals surface area contributed by atoms with E-state index in [1.807, 2.05) is 0 Å². The molecule has 2 rings (SSSR count). The molecule has 1 aliphatic heterocycles. The Hall–Kier alpha value is -1.64. The van der Waals surface area contributed by atoms with Gasteiger partial charge in [-0.25, -0.2) is 8.42 Å². The minimum atomic E-state index is -3.70. The number of likely N-dealkylation sites (tertiary alicyclic amines) is 1. The SMILES string of the molecule is COc1ccc(S(=O)(=O)N(C)CC(=O)NCCCN2CCC(C)CC2)cc1. The third-order valence-electron chi connectivity index (χ3n) is 4.98. The zero-order chi connectivity index (χ0) is 19.9. The van der Waals surface area contributed by atoms with Crippen LogP contribution in [0.15, 0.2) is 29.2 Å². The van der Waals surface area contributed by atoms with Crippen molar-refractivity contribution < 1.29 is 17.9 Å². The molecule has 0 unspecified atom stereocenters. The van der Waals surface area contributed by atoms with E-state index >= 15 is 0 Å². The summed E-state index contributed by atoms with van der Waals surface area (Å²) in [6.07, 6.45) is 3.34. The van der Waals surface area contributed by atoms with Crippen LogP contribution in [-0.4, -0.2) is 70.4 Å². The van der Waals surface area contributed by atoms with E-state index in [-0.39, 0.29) is 17.3 Å². The molecule has 1 fully saturated rings. The molecule has 8 heteroatoms. The van der Waals surface area contributed by atoms with E-state index in [2.05, 4.69) is 17.1 Å². The highest BCUT2D eigenvalue weighted by Crippen LogP contribution is 2.18. The lowest BCUT2D eigenvalue weighted by Gasteiger charge is -2.30. The summed E-state index contributed by atoms with van der Waals surface area (Å²) in [6, 6.07) is 6.12. The highest BCUT2D eigenvalue weighted by molar-refractivity contribution is 7.89. The van der Waals surface area contributed by atoms with Gasteiger partial charge in [0.1, 0.15) is 5.75 Å². The van der Waals surface area contributed by atoms with Crippen molar-refractivity contribution in [1.29, 1.82) is 0 Å². The lowest BCUT2D eigenvalue weighted by Crippen LogP contribution is -2.39. The molecule has 1 aromatic rings. The van der Waals surface area contributed by atoms with Crippen molar-refractivity contribution in [3.05, 3.63) is 24.3 Å². The number of rotatable bonds is 9. The maximum absolute atomic E-state index is 12.5. The number of hydrogen-bond donors (Lipinski definition) is 1. The Morgan fingerprint density at radius 1 is 1.26 bits per heavy atom. The zero-order valence-corrected chi connectivity index (χ0v) is 17.3. The summed E-state index contributed by atoms with van der Waals surface area (Å²) in [5.41, 5.74) is 0. The number of methoxy groups -OCH3 is 1. The Morgan fingerprint density at radius 3 is 2.48 bits per heavy atom. The quantitative estimate of drug-likeness (QED) is 0.640. The van der Waals surface area contributed by atoms with Gasteiger partial charge in [-0.05, 0) is 69.1 Å². The molecule has 1 aliphatic rings. The molecule has 27 heavy (non-hydrogen) atoms. The predicted molar refractivity (Wildman–Crippen MR) is 105 cm³/mol. The lowest BCUT2D eigenvalue weighted by atomic mass is 9.99. The highest BCUT2D eigenvalue weighted by atomic mass is 32.2. The average molecular weight is 398 g/mol. The van der Waals surface area contributed by atoms with Gasteiger partial charge in [-0.15, -0.1) is 0 Å². The summed E-state index contributed by atoms with van der Waals surface area (Å²) < 4.78 is 31.2. The summed E-state index contributed by atoms with van der Waals surface area (Å²) in [5.74, 6) is 1.10. The van der Waals surface area contributed by atoms with E-state index in [0.29, 0.717) is 12.3 Å². The fraction of sp³-hybridized carbons (Fsp3) is 0.632. The lowest BCUT2D eigenvalue weighted by molar-refractivity contribution is -0.121. The first-order valence-corrected chi connectivity index (χ1v) is 10.9. The molecule has 1 saturated heterocycles. The number of hydrogen-bond acceptors (Lipinski definition) is 5. The maximum Gasteiger partial charge on any atom is 0.243 e. The molecule has 7 nitrogen and oxygen atoms in total. The van der Waals surface area contributed by atoms with E-state index in [1.54, 1.807) is 12.1 Å². The van der Waals surface area contributed by atoms with Crippen LogP contribution in [0.4, 0.5) is 0 Å². The molecule has 1 heterocycles. The van der Waals surface area contributed by atoms with Crippen LogP contribution >= 0.6 is 0 Å². The molecule has 0 radical (unpaired) electrons. The molecule has 1 aromatic carbocycles. The number of amides is 1. The first-order valence-electron chi connectivity index (χ1n) is 9.42. The number of nitrogens with one attached hydrogen (secondary N) is 1. The third kappa shape index (κ3) is 6.48.